The lowest BCUT2D eigenvalue weighted by Gasteiger charge is -2.21. The standard InChI is InChI=1S/C16H13BrClF2N/c17-12-7-14(20)15(8-13(12)19)21-16(9-1-2-9)10-3-5-11(18)6-4-10/h3-9,16,21H,1-2H2. The smallest absolute Gasteiger partial charge is 0.147 e. The molecule has 1 nitrogen and oxygen atoms in total. The summed E-state index contributed by atoms with van der Waals surface area (Å²) >= 11 is 8.88. The fourth-order valence-corrected chi connectivity index (χ4v) is 2.82. The maximum atomic E-state index is 14.0. The Morgan fingerprint density at radius 2 is 1.76 bits per heavy atom. The van der Waals surface area contributed by atoms with E-state index < -0.39 is 11.6 Å². The number of hydrogen-bond donors (Lipinski definition) is 1. The third kappa shape index (κ3) is 3.38. The van der Waals surface area contributed by atoms with Gasteiger partial charge in [-0.05, 0) is 58.5 Å². The Hall–Kier alpha value is -1.13. The van der Waals surface area contributed by atoms with Crippen LogP contribution in [-0.4, -0.2) is 0 Å². The third-order valence-electron chi connectivity index (χ3n) is 3.64. The molecule has 1 unspecified atom stereocenters. The zero-order valence-electron chi connectivity index (χ0n) is 11.0. The molecule has 2 aromatic carbocycles. The van der Waals surface area contributed by atoms with Gasteiger partial charge in [0.1, 0.15) is 11.6 Å². The molecular formula is C16H13BrClF2N. The highest BCUT2D eigenvalue weighted by Crippen LogP contribution is 2.43. The van der Waals surface area contributed by atoms with Gasteiger partial charge in [0, 0.05) is 11.1 Å². The number of rotatable bonds is 4. The SMILES string of the molecule is Fc1cc(NC(c2ccc(Cl)cc2)C2CC2)c(F)cc1Br. The van der Waals surface area contributed by atoms with Crippen LogP contribution in [0, 0.1) is 17.6 Å². The second kappa shape index (κ2) is 5.93. The first kappa shape index (κ1) is 14.8. The zero-order valence-corrected chi connectivity index (χ0v) is 13.4. The first-order chi connectivity index (χ1) is 10.0. The van der Waals surface area contributed by atoms with Gasteiger partial charge in [0.05, 0.1) is 16.2 Å². The normalized spacial score (nSPS) is 15.8. The van der Waals surface area contributed by atoms with Gasteiger partial charge in [-0.25, -0.2) is 8.78 Å². The van der Waals surface area contributed by atoms with Crippen LogP contribution in [0.1, 0.15) is 24.4 Å². The minimum absolute atomic E-state index is 0.0302. The second-order valence-corrected chi connectivity index (χ2v) is 6.55. The molecule has 1 fully saturated rings. The predicted octanol–water partition coefficient (Wildman–Crippen LogP) is 5.94. The Bertz CT molecular complexity index is 656. The minimum Gasteiger partial charge on any atom is -0.376 e. The van der Waals surface area contributed by atoms with Crippen LogP contribution in [-0.2, 0) is 0 Å². The van der Waals surface area contributed by atoms with Gasteiger partial charge in [0.15, 0.2) is 0 Å². The van der Waals surface area contributed by atoms with Crippen LogP contribution in [0.2, 0.25) is 5.02 Å². The first-order valence-corrected chi connectivity index (χ1v) is 7.88. The topological polar surface area (TPSA) is 12.0 Å². The van der Waals surface area contributed by atoms with E-state index in [1.807, 2.05) is 24.3 Å². The van der Waals surface area contributed by atoms with E-state index >= 15 is 0 Å². The number of anilines is 1. The molecule has 110 valence electrons. The summed E-state index contributed by atoms with van der Waals surface area (Å²) in [4.78, 5) is 0. The molecule has 21 heavy (non-hydrogen) atoms. The van der Waals surface area contributed by atoms with Crippen molar-refractivity contribution in [2.24, 2.45) is 5.92 Å². The number of benzene rings is 2. The molecule has 2 aromatic rings. The third-order valence-corrected chi connectivity index (χ3v) is 4.50. The lowest BCUT2D eigenvalue weighted by molar-refractivity contribution is 0.589. The number of halogens is 4. The Morgan fingerprint density at radius 3 is 2.38 bits per heavy atom. The molecule has 0 saturated heterocycles. The van der Waals surface area contributed by atoms with Gasteiger partial charge in [-0.1, -0.05) is 23.7 Å². The van der Waals surface area contributed by atoms with Crippen molar-refractivity contribution in [1.82, 2.24) is 0 Å². The van der Waals surface area contributed by atoms with Gasteiger partial charge in [-0.15, -0.1) is 0 Å². The molecule has 0 spiro atoms. The minimum atomic E-state index is -0.482. The molecular weight excluding hydrogens is 360 g/mol. The molecule has 0 aliphatic heterocycles. The van der Waals surface area contributed by atoms with Crippen molar-refractivity contribution in [3.63, 3.8) is 0 Å². The van der Waals surface area contributed by atoms with E-state index in [1.54, 1.807) is 0 Å². The largest absolute Gasteiger partial charge is 0.376 e. The van der Waals surface area contributed by atoms with E-state index in [9.17, 15) is 8.78 Å². The maximum Gasteiger partial charge on any atom is 0.147 e. The molecule has 1 saturated carbocycles. The molecule has 0 aromatic heterocycles. The van der Waals surface area contributed by atoms with Crippen LogP contribution in [0.3, 0.4) is 0 Å². The average Bonchev–Trinajstić information content (AvgIpc) is 3.27. The first-order valence-electron chi connectivity index (χ1n) is 6.71. The highest BCUT2D eigenvalue weighted by Gasteiger charge is 2.32. The molecule has 5 heteroatoms. The average molecular weight is 373 g/mol. The van der Waals surface area contributed by atoms with Crippen molar-refractivity contribution in [1.29, 1.82) is 0 Å². The van der Waals surface area contributed by atoms with Crippen molar-refractivity contribution >= 4 is 33.2 Å². The fourth-order valence-electron chi connectivity index (χ4n) is 2.37. The maximum absolute atomic E-state index is 14.0. The molecule has 1 N–H and O–H groups in total. The van der Waals surface area contributed by atoms with Gasteiger partial charge in [-0.3, -0.25) is 0 Å². The van der Waals surface area contributed by atoms with Crippen LogP contribution in [0.25, 0.3) is 0 Å². The molecule has 0 amide bonds. The van der Waals surface area contributed by atoms with Gasteiger partial charge < -0.3 is 5.32 Å². The zero-order chi connectivity index (χ0) is 15.0. The summed E-state index contributed by atoms with van der Waals surface area (Å²) in [5.74, 6) is -0.510. The van der Waals surface area contributed by atoms with E-state index in [4.69, 9.17) is 11.6 Å². The van der Waals surface area contributed by atoms with Crippen LogP contribution in [0.4, 0.5) is 14.5 Å². The molecule has 0 radical (unpaired) electrons. The Kier molecular flexibility index (Phi) is 4.18. The number of nitrogens with one attached hydrogen (secondary N) is 1. The lowest BCUT2D eigenvalue weighted by atomic mass is 10.0. The molecule has 3 rings (SSSR count). The van der Waals surface area contributed by atoms with Crippen molar-refractivity contribution in [3.05, 3.63) is 63.1 Å². The second-order valence-electron chi connectivity index (χ2n) is 5.26. The summed E-state index contributed by atoms with van der Waals surface area (Å²) < 4.78 is 27.7. The van der Waals surface area contributed by atoms with E-state index in [2.05, 4.69) is 21.2 Å². The monoisotopic (exact) mass is 371 g/mol. The van der Waals surface area contributed by atoms with E-state index in [-0.39, 0.29) is 16.2 Å². The van der Waals surface area contributed by atoms with Crippen molar-refractivity contribution < 1.29 is 8.78 Å². The molecule has 1 aliphatic rings. The molecule has 1 aliphatic carbocycles. The van der Waals surface area contributed by atoms with Gasteiger partial charge >= 0.3 is 0 Å². The van der Waals surface area contributed by atoms with Gasteiger partial charge in [0.25, 0.3) is 0 Å². The molecule has 0 bridgehead atoms. The highest BCUT2D eigenvalue weighted by molar-refractivity contribution is 9.10. The van der Waals surface area contributed by atoms with Crippen molar-refractivity contribution in [2.45, 2.75) is 18.9 Å². The van der Waals surface area contributed by atoms with E-state index in [0.717, 1.165) is 24.5 Å². The summed E-state index contributed by atoms with van der Waals surface area (Å²) in [6.45, 7) is 0. The highest BCUT2D eigenvalue weighted by atomic mass is 79.9. The Balaban J connectivity index is 1.89. The summed E-state index contributed by atoms with van der Waals surface area (Å²) in [5.41, 5.74) is 1.21. The van der Waals surface area contributed by atoms with Crippen LogP contribution < -0.4 is 5.32 Å². The summed E-state index contributed by atoms with van der Waals surface area (Å²) in [6.07, 6.45) is 2.17. The fraction of sp³-hybridized carbons (Fsp3) is 0.250. The van der Waals surface area contributed by atoms with Crippen molar-refractivity contribution in [3.8, 4) is 0 Å². The van der Waals surface area contributed by atoms with Crippen LogP contribution >= 0.6 is 27.5 Å². The summed E-state index contributed by atoms with van der Waals surface area (Å²) in [6, 6.07) is 9.77. The van der Waals surface area contributed by atoms with Gasteiger partial charge in [-0.2, -0.15) is 0 Å². The molecule has 1 atom stereocenters. The molecule has 0 heterocycles. The Morgan fingerprint density at radius 1 is 1.10 bits per heavy atom. The quantitative estimate of drug-likeness (QED) is 0.655. The van der Waals surface area contributed by atoms with Gasteiger partial charge in [0.2, 0.25) is 0 Å². The van der Waals surface area contributed by atoms with Crippen molar-refractivity contribution in [2.75, 3.05) is 5.32 Å². The van der Waals surface area contributed by atoms with E-state index in [1.165, 1.54) is 6.07 Å². The van der Waals surface area contributed by atoms with E-state index in [0.29, 0.717) is 10.9 Å². The van der Waals surface area contributed by atoms with Crippen LogP contribution in [0.15, 0.2) is 40.9 Å². The summed E-state index contributed by atoms with van der Waals surface area (Å²) in [5, 5.41) is 3.80. The summed E-state index contributed by atoms with van der Waals surface area (Å²) in [7, 11) is 0. The lowest BCUT2D eigenvalue weighted by Crippen LogP contribution is -2.14. The predicted molar refractivity (Wildman–Crippen MR) is 84.6 cm³/mol. The Labute approximate surface area is 135 Å². The number of hydrogen-bond acceptors (Lipinski definition) is 1. The van der Waals surface area contributed by atoms with Crippen LogP contribution in [0.5, 0.6) is 0 Å².